The van der Waals surface area contributed by atoms with E-state index in [9.17, 15) is 5.11 Å². The molecule has 1 aromatic heterocycles. The van der Waals surface area contributed by atoms with Crippen molar-refractivity contribution in [2.75, 3.05) is 0 Å². The number of halogens is 2. The van der Waals surface area contributed by atoms with Crippen LogP contribution in [0.4, 0.5) is 0 Å². The molecule has 0 aliphatic rings. The van der Waals surface area contributed by atoms with E-state index < -0.39 is 0 Å². The van der Waals surface area contributed by atoms with Gasteiger partial charge >= 0.3 is 0 Å². The van der Waals surface area contributed by atoms with Crippen LogP contribution in [-0.4, -0.2) is 14.9 Å². The first-order chi connectivity index (χ1) is 8.84. The first-order valence-electron chi connectivity index (χ1n) is 5.99. The van der Waals surface area contributed by atoms with Gasteiger partial charge < -0.3 is 5.11 Å². The number of aliphatic hydroxyl groups is 1. The van der Waals surface area contributed by atoms with Crippen LogP contribution in [0.25, 0.3) is 5.69 Å². The molecular formula is C14H16Cl2N2O. The van der Waals surface area contributed by atoms with Crippen molar-refractivity contribution in [1.82, 2.24) is 9.78 Å². The smallest absolute Gasteiger partial charge is 0.138 e. The molecule has 0 radical (unpaired) electrons. The van der Waals surface area contributed by atoms with E-state index >= 15 is 0 Å². The largest absolute Gasteiger partial charge is 0.391 e. The lowest BCUT2D eigenvalue weighted by atomic mass is 9.90. The van der Waals surface area contributed by atoms with Crippen molar-refractivity contribution in [2.24, 2.45) is 0 Å². The number of rotatable bonds is 2. The molecule has 2 rings (SSSR count). The summed E-state index contributed by atoms with van der Waals surface area (Å²) in [4.78, 5) is 0. The van der Waals surface area contributed by atoms with Gasteiger partial charge in [0.1, 0.15) is 5.15 Å². The lowest BCUT2D eigenvalue weighted by Crippen LogP contribution is -2.14. The maximum atomic E-state index is 9.51. The van der Waals surface area contributed by atoms with Crippen molar-refractivity contribution >= 4 is 23.2 Å². The van der Waals surface area contributed by atoms with E-state index in [0.29, 0.717) is 15.7 Å². The molecule has 1 N–H and O–H groups in total. The van der Waals surface area contributed by atoms with Crippen LogP contribution in [0.5, 0.6) is 0 Å². The van der Waals surface area contributed by atoms with Crippen LogP contribution in [-0.2, 0) is 12.0 Å². The van der Waals surface area contributed by atoms with Crippen LogP contribution in [0.3, 0.4) is 0 Å². The predicted molar refractivity (Wildman–Crippen MR) is 78.2 cm³/mol. The standard InChI is InChI=1S/C14H16Cl2N2O/c1-14(2,3)12-11(8-19)13(16)18(17-12)10-6-4-5-9(15)7-10/h4-7,19H,8H2,1-3H3. The molecular weight excluding hydrogens is 283 g/mol. The highest BCUT2D eigenvalue weighted by Crippen LogP contribution is 2.32. The average molecular weight is 299 g/mol. The van der Waals surface area contributed by atoms with E-state index in [2.05, 4.69) is 5.10 Å². The highest BCUT2D eigenvalue weighted by atomic mass is 35.5. The maximum absolute atomic E-state index is 9.51. The van der Waals surface area contributed by atoms with Crippen LogP contribution in [0.2, 0.25) is 10.2 Å². The third-order valence-electron chi connectivity index (χ3n) is 2.84. The molecule has 3 nitrogen and oxygen atoms in total. The Morgan fingerprint density at radius 1 is 1.26 bits per heavy atom. The van der Waals surface area contributed by atoms with Crippen LogP contribution in [0.15, 0.2) is 24.3 Å². The molecule has 0 saturated heterocycles. The van der Waals surface area contributed by atoms with Gasteiger partial charge in [-0.15, -0.1) is 0 Å². The minimum atomic E-state index is -0.189. The Morgan fingerprint density at radius 3 is 2.42 bits per heavy atom. The molecule has 1 aromatic carbocycles. The fourth-order valence-corrected chi connectivity index (χ4v) is 2.42. The van der Waals surface area contributed by atoms with Gasteiger partial charge in [0.25, 0.3) is 0 Å². The van der Waals surface area contributed by atoms with E-state index in [4.69, 9.17) is 23.2 Å². The molecule has 19 heavy (non-hydrogen) atoms. The second-order valence-electron chi connectivity index (χ2n) is 5.42. The number of nitrogens with zero attached hydrogens (tertiary/aromatic N) is 2. The van der Waals surface area contributed by atoms with E-state index in [1.54, 1.807) is 16.8 Å². The normalized spacial score (nSPS) is 11.9. The van der Waals surface area contributed by atoms with E-state index in [1.165, 1.54) is 0 Å². The molecule has 0 spiro atoms. The lowest BCUT2D eigenvalue weighted by molar-refractivity contribution is 0.278. The summed E-state index contributed by atoms with van der Waals surface area (Å²) in [5.74, 6) is 0. The van der Waals surface area contributed by atoms with Gasteiger partial charge in [-0.05, 0) is 18.2 Å². The zero-order valence-corrected chi connectivity index (χ0v) is 12.6. The van der Waals surface area contributed by atoms with Gasteiger partial charge in [0.2, 0.25) is 0 Å². The fourth-order valence-electron chi connectivity index (χ4n) is 1.95. The van der Waals surface area contributed by atoms with E-state index in [-0.39, 0.29) is 12.0 Å². The van der Waals surface area contributed by atoms with Crippen molar-refractivity contribution < 1.29 is 5.11 Å². The quantitative estimate of drug-likeness (QED) is 0.911. The van der Waals surface area contributed by atoms with Gasteiger partial charge in [0.05, 0.1) is 18.0 Å². The van der Waals surface area contributed by atoms with Crippen LogP contribution in [0.1, 0.15) is 32.0 Å². The van der Waals surface area contributed by atoms with E-state index in [1.807, 2.05) is 32.9 Å². The summed E-state index contributed by atoms with van der Waals surface area (Å²) in [6.45, 7) is 5.97. The van der Waals surface area contributed by atoms with Gasteiger partial charge in [-0.2, -0.15) is 5.10 Å². The Labute approximate surface area is 122 Å². The summed E-state index contributed by atoms with van der Waals surface area (Å²) in [5.41, 5.74) is 2.04. The molecule has 0 bridgehead atoms. The van der Waals surface area contributed by atoms with Gasteiger partial charge in [-0.3, -0.25) is 0 Å². The Morgan fingerprint density at radius 2 is 1.95 bits per heavy atom. The van der Waals surface area contributed by atoms with Crippen molar-refractivity contribution in [3.05, 3.63) is 45.7 Å². The molecule has 2 aromatic rings. The Hall–Kier alpha value is -1.03. The zero-order valence-electron chi connectivity index (χ0n) is 11.1. The molecule has 0 unspecified atom stereocenters. The van der Waals surface area contributed by atoms with Crippen molar-refractivity contribution in [3.63, 3.8) is 0 Å². The summed E-state index contributed by atoms with van der Waals surface area (Å²) in [7, 11) is 0. The van der Waals surface area contributed by atoms with E-state index in [0.717, 1.165) is 11.4 Å². The molecule has 0 aliphatic heterocycles. The number of benzene rings is 1. The second-order valence-corrected chi connectivity index (χ2v) is 6.21. The van der Waals surface area contributed by atoms with Gasteiger partial charge in [-0.25, -0.2) is 4.68 Å². The van der Waals surface area contributed by atoms with Crippen LogP contribution >= 0.6 is 23.2 Å². The third kappa shape index (κ3) is 2.78. The highest BCUT2D eigenvalue weighted by Gasteiger charge is 2.26. The highest BCUT2D eigenvalue weighted by molar-refractivity contribution is 6.31. The Bertz CT molecular complexity index is 600. The lowest BCUT2D eigenvalue weighted by Gasteiger charge is -2.16. The number of aliphatic hydroxyl groups excluding tert-OH is 1. The molecule has 0 saturated carbocycles. The van der Waals surface area contributed by atoms with Gasteiger partial charge in [0, 0.05) is 16.0 Å². The molecule has 0 aliphatic carbocycles. The summed E-state index contributed by atoms with van der Waals surface area (Å²) >= 11 is 12.3. The SMILES string of the molecule is CC(C)(C)c1nn(-c2cccc(Cl)c2)c(Cl)c1CO. The molecule has 102 valence electrons. The van der Waals surface area contributed by atoms with Gasteiger partial charge in [0.15, 0.2) is 0 Å². The van der Waals surface area contributed by atoms with Crippen LogP contribution < -0.4 is 0 Å². The molecule has 0 atom stereocenters. The Balaban J connectivity index is 2.63. The minimum Gasteiger partial charge on any atom is -0.391 e. The first kappa shape index (κ1) is 14.4. The summed E-state index contributed by atoms with van der Waals surface area (Å²) in [6.07, 6.45) is 0. The third-order valence-corrected chi connectivity index (χ3v) is 3.47. The minimum absolute atomic E-state index is 0.133. The Kier molecular flexibility index (Phi) is 3.90. The van der Waals surface area contributed by atoms with Gasteiger partial charge in [-0.1, -0.05) is 50.0 Å². The number of aromatic nitrogens is 2. The second kappa shape index (κ2) is 5.16. The van der Waals surface area contributed by atoms with Crippen molar-refractivity contribution in [2.45, 2.75) is 32.8 Å². The molecule has 5 heteroatoms. The maximum Gasteiger partial charge on any atom is 0.138 e. The fraction of sp³-hybridized carbons (Fsp3) is 0.357. The summed E-state index contributed by atoms with van der Waals surface area (Å²) in [5, 5.41) is 15.1. The molecule has 0 amide bonds. The number of hydrogen-bond donors (Lipinski definition) is 1. The molecule has 0 fully saturated rings. The topological polar surface area (TPSA) is 38.0 Å². The zero-order chi connectivity index (χ0) is 14.2. The van der Waals surface area contributed by atoms with Crippen LogP contribution in [0, 0.1) is 0 Å². The average Bonchev–Trinajstić information content (AvgIpc) is 2.66. The predicted octanol–water partition coefficient (Wildman–Crippen LogP) is 3.97. The summed E-state index contributed by atoms with van der Waals surface area (Å²) < 4.78 is 1.61. The van der Waals surface area contributed by atoms with Crippen molar-refractivity contribution in [1.29, 1.82) is 0 Å². The summed E-state index contributed by atoms with van der Waals surface area (Å²) in [6, 6.07) is 7.29. The molecule has 1 heterocycles. The van der Waals surface area contributed by atoms with Crippen molar-refractivity contribution in [3.8, 4) is 5.69 Å². The first-order valence-corrected chi connectivity index (χ1v) is 6.75. The number of hydrogen-bond acceptors (Lipinski definition) is 2. The monoisotopic (exact) mass is 298 g/mol.